The van der Waals surface area contributed by atoms with Crippen LogP contribution in [0.3, 0.4) is 0 Å². The molecule has 1 aliphatic carbocycles. The molecule has 0 saturated heterocycles. The smallest absolute Gasteiger partial charge is 0.223 e. The van der Waals surface area contributed by atoms with Crippen molar-refractivity contribution in [1.82, 2.24) is 4.98 Å². The lowest BCUT2D eigenvalue weighted by molar-refractivity contribution is 0.580. The summed E-state index contributed by atoms with van der Waals surface area (Å²) in [6.07, 6.45) is 6.32. The number of hydrogen-bond acceptors (Lipinski definition) is 4. The first kappa shape index (κ1) is 23.3. The number of allylic oxidation sites excluding steroid dienone is 4. The van der Waals surface area contributed by atoms with Crippen molar-refractivity contribution in [3.05, 3.63) is 126 Å². The van der Waals surface area contributed by atoms with Crippen molar-refractivity contribution < 1.29 is 4.42 Å². The van der Waals surface area contributed by atoms with E-state index < -0.39 is 0 Å². The fourth-order valence-corrected chi connectivity index (χ4v) is 6.30. The number of nitrogens with zero attached hydrogens (tertiary/aromatic N) is 2. The van der Waals surface area contributed by atoms with Gasteiger partial charge in [0.2, 0.25) is 5.89 Å². The molecule has 0 amide bonds. The number of thiophene rings is 1. The average molecular weight is 525 g/mol. The molecule has 0 fully saturated rings. The summed E-state index contributed by atoms with van der Waals surface area (Å²) >= 11 is 1.68. The summed E-state index contributed by atoms with van der Waals surface area (Å²) in [5, 5.41) is 11.0. The van der Waals surface area contributed by atoms with Crippen LogP contribution < -0.4 is 5.73 Å². The minimum absolute atomic E-state index is 0.162. The van der Waals surface area contributed by atoms with Gasteiger partial charge in [0.05, 0.1) is 0 Å². The quantitative estimate of drug-likeness (QED) is 0.180. The maximum absolute atomic E-state index is 8.72. The predicted octanol–water partition coefficient (Wildman–Crippen LogP) is 8.19. The zero-order valence-corrected chi connectivity index (χ0v) is 21.8. The maximum Gasteiger partial charge on any atom is 0.223 e. The molecule has 1 aliphatic rings. The standard InChI is InChI=1S/C33H24N4OS/c34-31(20-8-2-1-3-9-20)37-32(35)25-13-7-12-24-26-19-22(16-17-29(26)39-30(24)25)21-10-6-11-23(18-21)33-36-27-14-4-5-15-28(27)38-33/h1-5,7-10,12-19H,6,11H2,(H3,34,35,37). The summed E-state index contributed by atoms with van der Waals surface area (Å²) in [6.45, 7) is 0. The Hall–Kier alpha value is -4.81. The van der Waals surface area contributed by atoms with E-state index in [1.807, 2.05) is 66.7 Å². The first-order valence-electron chi connectivity index (χ1n) is 12.8. The molecular weight excluding hydrogens is 500 g/mol. The number of nitrogens with one attached hydrogen (secondary N) is 1. The minimum Gasteiger partial charge on any atom is -0.436 e. The first-order chi connectivity index (χ1) is 19.1. The number of nitrogens with two attached hydrogens (primary N) is 1. The summed E-state index contributed by atoms with van der Waals surface area (Å²) in [7, 11) is 0. The molecule has 0 radical (unpaired) electrons. The Morgan fingerprint density at radius 2 is 1.77 bits per heavy atom. The summed E-state index contributed by atoms with van der Waals surface area (Å²) in [4.78, 5) is 9.15. The molecule has 188 valence electrons. The van der Waals surface area contributed by atoms with Crippen molar-refractivity contribution in [2.75, 3.05) is 0 Å². The zero-order valence-electron chi connectivity index (χ0n) is 21.0. The van der Waals surface area contributed by atoms with Gasteiger partial charge in [0.1, 0.15) is 11.4 Å². The molecule has 7 rings (SSSR count). The Kier molecular flexibility index (Phi) is 5.68. The summed E-state index contributed by atoms with van der Waals surface area (Å²) in [5.74, 6) is 1.20. The van der Waals surface area contributed by atoms with E-state index in [0.29, 0.717) is 11.7 Å². The highest BCUT2D eigenvalue weighted by atomic mass is 32.1. The Morgan fingerprint density at radius 1 is 0.923 bits per heavy atom. The van der Waals surface area contributed by atoms with E-state index in [-0.39, 0.29) is 5.84 Å². The number of hydrogen-bond donors (Lipinski definition) is 2. The third-order valence-corrected chi connectivity index (χ3v) is 8.28. The molecule has 4 aromatic carbocycles. The molecule has 2 heterocycles. The topological polar surface area (TPSA) is 88.3 Å². The van der Waals surface area contributed by atoms with Crippen molar-refractivity contribution in [3.63, 3.8) is 0 Å². The summed E-state index contributed by atoms with van der Waals surface area (Å²) in [6, 6.07) is 30.1. The molecular formula is C33H24N4OS. The van der Waals surface area contributed by atoms with Gasteiger partial charge in [0.25, 0.3) is 0 Å². The molecule has 0 atom stereocenters. The van der Waals surface area contributed by atoms with Crippen molar-refractivity contribution in [2.24, 2.45) is 10.7 Å². The largest absolute Gasteiger partial charge is 0.436 e. The van der Waals surface area contributed by atoms with Crippen LogP contribution in [-0.4, -0.2) is 16.7 Å². The van der Waals surface area contributed by atoms with Crippen molar-refractivity contribution in [3.8, 4) is 0 Å². The van der Waals surface area contributed by atoms with E-state index in [9.17, 15) is 0 Å². The Morgan fingerprint density at radius 3 is 2.64 bits per heavy atom. The van der Waals surface area contributed by atoms with E-state index in [4.69, 9.17) is 20.5 Å². The molecule has 0 spiro atoms. The lowest BCUT2D eigenvalue weighted by Gasteiger charge is -2.12. The van der Waals surface area contributed by atoms with E-state index in [1.165, 1.54) is 15.7 Å². The molecule has 39 heavy (non-hydrogen) atoms. The van der Waals surface area contributed by atoms with E-state index in [1.54, 1.807) is 11.3 Å². The third kappa shape index (κ3) is 4.25. The molecule has 6 aromatic rings. The molecule has 5 nitrogen and oxygen atoms in total. The average Bonchev–Trinajstić information content (AvgIpc) is 3.59. The van der Waals surface area contributed by atoms with Crippen LogP contribution in [0.25, 0.3) is 42.4 Å². The molecule has 2 aromatic heterocycles. The monoisotopic (exact) mass is 524 g/mol. The lowest BCUT2D eigenvalue weighted by Crippen LogP contribution is -2.15. The number of fused-ring (bicyclic) bond motifs is 4. The number of aromatic nitrogens is 1. The molecule has 0 saturated carbocycles. The van der Waals surface area contributed by atoms with Gasteiger partial charge in [-0.2, -0.15) is 0 Å². The van der Waals surface area contributed by atoms with Gasteiger partial charge >= 0.3 is 0 Å². The normalized spacial score (nSPS) is 14.1. The molecule has 3 N–H and O–H groups in total. The number of amidine groups is 2. The Bertz CT molecular complexity index is 1960. The maximum atomic E-state index is 8.72. The summed E-state index contributed by atoms with van der Waals surface area (Å²) in [5.41, 5.74) is 12.9. The molecule has 6 heteroatoms. The van der Waals surface area contributed by atoms with Crippen LogP contribution in [0.5, 0.6) is 0 Å². The van der Waals surface area contributed by atoms with Crippen LogP contribution >= 0.6 is 11.3 Å². The van der Waals surface area contributed by atoms with Crippen LogP contribution in [0, 0.1) is 5.41 Å². The second-order valence-corrected chi connectivity index (χ2v) is 10.6. The SMILES string of the molecule is N=C(/N=C(\N)c1ccccc1)c1cccc2c1sc1ccc(C3=CCCC(c4nc5ccccc5o4)=C3)cc12. The fourth-order valence-electron chi connectivity index (χ4n) is 5.10. The number of para-hydroxylation sites is 2. The van der Waals surface area contributed by atoms with Crippen molar-refractivity contribution >= 4 is 65.4 Å². The van der Waals surface area contributed by atoms with Gasteiger partial charge in [-0.15, -0.1) is 11.3 Å². The predicted molar refractivity (Wildman–Crippen MR) is 163 cm³/mol. The van der Waals surface area contributed by atoms with Gasteiger partial charge in [-0.1, -0.05) is 66.7 Å². The van der Waals surface area contributed by atoms with E-state index >= 15 is 0 Å². The third-order valence-electron chi connectivity index (χ3n) is 7.06. The zero-order chi connectivity index (χ0) is 26.3. The van der Waals surface area contributed by atoms with Crippen molar-refractivity contribution in [2.45, 2.75) is 12.8 Å². The minimum atomic E-state index is 0.162. The molecule has 0 aliphatic heterocycles. The molecule has 0 bridgehead atoms. The molecule has 0 unspecified atom stereocenters. The second kappa shape index (κ2) is 9.49. The highest BCUT2D eigenvalue weighted by Gasteiger charge is 2.17. The van der Waals surface area contributed by atoms with Crippen LogP contribution in [-0.2, 0) is 0 Å². The van der Waals surface area contributed by atoms with Crippen LogP contribution in [0.2, 0.25) is 0 Å². The number of rotatable bonds is 4. The highest BCUT2D eigenvalue weighted by molar-refractivity contribution is 7.26. The van der Waals surface area contributed by atoms with Gasteiger partial charge in [0.15, 0.2) is 11.4 Å². The number of benzene rings is 4. The van der Waals surface area contributed by atoms with Gasteiger partial charge < -0.3 is 10.2 Å². The van der Waals surface area contributed by atoms with Gasteiger partial charge in [-0.05, 0) is 60.4 Å². The first-order valence-corrected chi connectivity index (χ1v) is 13.7. The Balaban J connectivity index is 1.26. The highest BCUT2D eigenvalue weighted by Crippen LogP contribution is 2.39. The number of aliphatic imine (C=N–C) groups is 1. The Labute approximate surface area is 229 Å². The van der Waals surface area contributed by atoms with Gasteiger partial charge in [-0.25, -0.2) is 9.98 Å². The van der Waals surface area contributed by atoms with Crippen LogP contribution in [0.1, 0.15) is 35.4 Å². The van der Waals surface area contributed by atoms with Gasteiger partial charge in [0, 0.05) is 36.9 Å². The van der Waals surface area contributed by atoms with E-state index in [2.05, 4.69) is 41.4 Å². The van der Waals surface area contributed by atoms with Gasteiger partial charge in [-0.3, -0.25) is 5.41 Å². The summed E-state index contributed by atoms with van der Waals surface area (Å²) < 4.78 is 8.27. The second-order valence-electron chi connectivity index (χ2n) is 9.56. The fraction of sp³-hybridized carbons (Fsp3) is 0.0606. The van der Waals surface area contributed by atoms with Crippen LogP contribution in [0.15, 0.2) is 113 Å². The van der Waals surface area contributed by atoms with E-state index in [0.717, 1.165) is 56.3 Å². The van der Waals surface area contributed by atoms with Crippen molar-refractivity contribution in [1.29, 1.82) is 5.41 Å². The lowest BCUT2D eigenvalue weighted by atomic mass is 9.93. The van der Waals surface area contributed by atoms with Crippen LogP contribution in [0.4, 0.5) is 0 Å². The number of oxazole rings is 1.